The van der Waals surface area contributed by atoms with Gasteiger partial charge in [0, 0.05) is 32.4 Å². The molecule has 1 aromatic rings. The monoisotopic (exact) mass is 350 g/mol. The lowest BCUT2D eigenvalue weighted by molar-refractivity contribution is 0.201. The van der Waals surface area contributed by atoms with E-state index in [0.29, 0.717) is 12.6 Å². The summed E-state index contributed by atoms with van der Waals surface area (Å²) in [5.41, 5.74) is 1.16. The van der Waals surface area contributed by atoms with Gasteiger partial charge in [0.25, 0.3) is 0 Å². The van der Waals surface area contributed by atoms with E-state index in [1.54, 1.807) is 7.05 Å². The summed E-state index contributed by atoms with van der Waals surface area (Å²) in [5.74, 6) is 2.80. The van der Waals surface area contributed by atoms with Gasteiger partial charge in [-0.1, -0.05) is 0 Å². The van der Waals surface area contributed by atoms with Crippen molar-refractivity contribution in [1.82, 2.24) is 15.6 Å². The Hall–Kier alpha value is -1.43. The minimum absolute atomic E-state index is 0.344. The molecule has 0 saturated heterocycles. The van der Waals surface area contributed by atoms with Crippen LogP contribution in [-0.4, -0.2) is 42.6 Å². The lowest BCUT2D eigenvalue weighted by atomic mass is 10.2. The molecule has 0 unspecified atom stereocenters. The number of thioether (sulfide) groups is 1. The van der Waals surface area contributed by atoms with Crippen LogP contribution in [0.2, 0.25) is 0 Å². The van der Waals surface area contributed by atoms with Crippen LogP contribution in [0.3, 0.4) is 0 Å². The summed E-state index contributed by atoms with van der Waals surface area (Å²) in [6.45, 7) is 1.67. The molecule has 1 aromatic heterocycles. The number of aromatic nitrogens is 1. The van der Waals surface area contributed by atoms with Gasteiger partial charge in [0.2, 0.25) is 5.88 Å². The minimum atomic E-state index is 0.344. The van der Waals surface area contributed by atoms with Gasteiger partial charge in [-0.25, -0.2) is 4.98 Å². The summed E-state index contributed by atoms with van der Waals surface area (Å²) in [6.07, 6.45) is 11.5. The molecule has 134 valence electrons. The Balaban J connectivity index is 1.73. The van der Waals surface area contributed by atoms with Gasteiger partial charge in [0.1, 0.15) is 6.10 Å². The number of ether oxygens (including phenoxy) is 1. The number of guanidine groups is 1. The van der Waals surface area contributed by atoms with E-state index in [0.717, 1.165) is 43.2 Å². The van der Waals surface area contributed by atoms with Gasteiger partial charge in [-0.05, 0) is 62.2 Å². The fraction of sp³-hybridized carbons (Fsp3) is 0.667. The molecule has 0 aromatic carbocycles. The van der Waals surface area contributed by atoms with Crippen molar-refractivity contribution < 1.29 is 4.74 Å². The van der Waals surface area contributed by atoms with Gasteiger partial charge in [0.05, 0.1) is 0 Å². The highest BCUT2D eigenvalue weighted by Gasteiger charge is 2.16. The van der Waals surface area contributed by atoms with Crippen LogP contribution in [0.25, 0.3) is 0 Å². The summed E-state index contributed by atoms with van der Waals surface area (Å²) in [7, 11) is 1.80. The second kappa shape index (κ2) is 11.2. The topological polar surface area (TPSA) is 58.5 Å². The molecule has 24 heavy (non-hydrogen) atoms. The Bertz CT molecular complexity index is 504. The van der Waals surface area contributed by atoms with Crippen molar-refractivity contribution in [3.8, 4) is 5.88 Å². The first-order chi connectivity index (χ1) is 11.8. The first kappa shape index (κ1) is 18.9. The maximum atomic E-state index is 5.96. The maximum Gasteiger partial charge on any atom is 0.213 e. The van der Waals surface area contributed by atoms with Gasteiger partial charge in [-0.3, -0.25) is 4.99 Å². The van der Waals surface area contributed by atoms with Crippen molar-refractivity contribution >= 4 is 17.7 Å². The number of hydrogen-bond acceptors (Lipinski definition) is 4. The van der Waals surface area contributed by atoms with Crippen LogP contribution in [0.15, 0.2) is 23.3 Å². The Morgan fingerprint density at radius 1 is 1.33 bits per heavy atom. The SMILES string of the molecule is CN=C(NCCCCSC)NCc1ccnc(OC2CCCC2)c1. The first-order valence-corrected chi connectivity index (χ1v) is 10.3. The van der Waals surface area contributed by atoms with E-state index in [1.165, 1.54) is 25.0 Å². The van der Waals surface area contributed by atoms with Gasteiger partial charge >= 0.3 is 0 Å². The molecule has 2 N–H and O–H groups in total. The smallest absolute Gasteiger partial charge is 0.213 e. The van der Waals surface area contributed by atoms with Crippen molar-refractivity contribution in [2.75, 3.05) is 25.6 Å². The molecule has 0 spiro atoms. The van der Waals surface area contributed by atoms with E-state index < -0.39 is 0 Å². The normalized spacial score (nSPS) is 15.5. The Labute approximate surface area is 150 Å². The third kappa shape index (κ3) is 6.99. The number of nitrogens with one attached hydrogen (secondary N) is 2. The summed E-state index contributed by atoms with van der Waals surface area (Å²) in [5, 5.41) is 6.70. The molecular formula is C18H30N4OS. The van der Waals surface area contributed by atoms with Crippen LogP contribution in [-0.2, 0) is 6.54 Å². The maximum absolute atomic E-state index is 5.96. The van der Waals surface area contributed by atoms with Crippen LogP contribution in [0.1, 0.15) is 44.1 Å². The summed E-state index contributed by atoms with van der Waals surface area (Å²) in [4.78, 5) is 8.60. The van der Waals surface area contributed by atoms with E-state index in [2.05, 4.69) is 26.9 Å². The fourth-order valence-corrected chi connectivity index (χ4v) is 3.28. The van der Waals surface area contributed by atoms with Gasteiger partial charge in [-0.2, -0.15) is 11.8 Å². The zero-order valence-corrected chi connectivity index (χ0v) is 15.7. The first-order valence-electron chi connectivity index (χ1n) is 8.87. The molecule has 1 aliphatic rings. The highest BCUT2D eigenvalue weighted by molar-refractivity contribution is 7.98. The lowest BCUT2D eigenvalue weighted by Gasteiger charge is -2.14. The van der Waals surface area contributed by atoms with E-state index in [4.69, 9.17) is 4.74 Å². The molecule has 0 atom stereocenters. The number of nitrogens with zero attached hydrogens (tertiary/aromatic N) is 2. The van der Waals surface area contributed by atoms with Crippen LogP contribution in [0.4, 0.5) is 0 Å². The number of aliphatic imine (C=N–C) groups is 1. The molecule has 0 bridgehead atoms. The predicted octanol–water partition coefficient (Wildman–Crippen LogP) is 3.21. The van der Waals surface area contributed by atoms with Crippen molar-refractivity contribution in [1.29, 1.82) is 0 Å². The highest BCUT2D eigenvalue weighted by atomic mass is 32.2. The molecule has 1 heterocycles. The Morgan fingerprint density at radius 2 is 2.17 bits per heavy atom. The van der Waals surface area contributed by atoms with Crippen LogP contribution in [0.5, 0.6) is 5.88 Å². The van der Waals surface area contributed by atoms with Crippen molar-refractivity contribution in [3.05, 3.63) is 23.9 Å². The van der Waals surface area contributed by atoms with Crippen molar-refractivity contribution in [3.63, 3.8) is 0 Å². The zero-order chi connectivity index (χ0) is 17.0. The average Bonchev–Trinajstić information content (AvgIpc) is 3.11. The number of unbranched alkanes of at least 4 members (excludes halogenated alkanes) is 1. The van der Waals surface area contributed by atoms with Gasteiger partial charge in [-0.15, -0.1) is 0 Å². The van der Waals surface area contributed by atoms with E-state index >= 15 is 0 Å². The van der Waals surface area contributed by atoms with Gasteiger partial charge < -0.3 is 15.4 Å². The predicted molar refractivity (Wildman–Crippen MR) is 103 cm³/mol. The summed E-state index contributed by atoms with van der Waals surface area (Å²) in [6, 6.07) is 4.04. The lowest BCUT2D eigenvalue weighted by Crippen LogP contribution is -2.37. The third-order valence-electron chi connectivity index (χ3n) is 4.14. The summed E-state index contributed by atoms with van der Waals surface area (Å²) >= 11 is 1.89. The second-order valence-corrected chi connectivity index (χ2v) is 7.06. The van der Waals surface area contributed by atoms with Gasteiger partial charge in [0.15, 0.2) is 5.96 Å². The molecule has 0 aliphatic heterocycles. The Morgan fingerprint density at radius 3 is 2.92 bits per heavy atom. The molecule has 1 fully saturated rings. The van der Waals surface area contributed by atoms with E-state index in [1.807, 2.05) is 30.1 Å². The third-order valence-corrected chi connectivity index (χ3v) is 4.84. The average molecular weight is 351 g/mol. The summed E-state index contributed by atoms with van der Waals surface area (Å²) < 4.78 is 5.96. The fourth-order valence-electron chi connectivity index (χ4n) is 2.79. The zero-order valence-electron chi connectivity index (χ0n) is 14.9. The Kier molecular flexibility index (Phi) is 8.81. The molecule has 2 rings (SSSR count). The molecular weight excluding hydrogens is 320 g/mol. The van der Waals surface area contributed by atoms with E-state index in [9.17, 15) is 0 Å². The number of pyridine rings is 1. The van der Waals surface area contributed by atoms with E-state index in [-0.39, 0.29) is 0 Å². The molecule has 6 heteroatoms. The van der Waals surface area contributed by atoms with Crippen molar-refractivity contribution in [2.45, 2.75) is 51.2 Å². The molecule has 5 nitrogen and oxygen atoms in total. The quantitative estimate of drug-likeness (QED) is 0.407. The number of hydrogen-bond donors (Lipinski definition) is 2. The highest BCUT2D eigenvalue weighted by Crippen LogP contribution is 2.23. The number of rotatable bonds is 9. The largest absolute Gasteiger partial charge is 0.474 e. The van der Waals surface area contributed by atoms with Crippen LogP contribution in [0, 0.1) is 0 Å². The van der Waals surface area contributed by atoms with Crippen LogP contribution >= 0.6 is 11.8 Å². The standard InChI is InChI=1S/C18H30N4OS/c1-19-18(21-10-5-6-12-24-2)22-14-15-9-11-20-17(13-15)23-16-7-3-4-8-16/h9,11,13,16H,3-8,10,12,14H2,1-2H3,(H2,19,21,22). The minimum Gasteiger partial charge on any atom is -0.474 e. The second-order valence-electron chi connectivity index (χ2n) is 6.08. The molecule has 0 amide bonds. The molecule has 1 saturated carbocycles. The molecule has 0 radical (unpaired) electrons. The van der Waals surface area contributed by atoms with Crippen LogP contribution < -0.4 is 15.4 Å². The van der Waals surface area contributed by atoms with Crippen molar-refractivity contribution in [2.24, 2.45) is 4.99 Å². The molecule has 1 aliphatic carbocycles.